The van der Waals surface area contributed by atoms with Gasteiger partial charge in [0.1, 0.15) is 11.5 Å². The molecular weight excluding hydrogens is 302 g/mol. The number of nitrogens with two attached hydrogens (primary N) is 1. The topological polar surface area (TPSA) is 68.9 Å². The highest BCUT2D eigenvalue weighted by molar-refractivity contribution is 5.92. The molecule has 0 saturated carbocycles. The number of ether oxygens (including phenoxy) is 2. The van der Waals surface area contributed by atoms with Crippen LogP contribution in [0.15, 0.2) is 53.5 Å². The van der Waals surface area contributed by atoms with Crippen molar-refractivity contribution in [2.45, 2.75) is 19.8 Å². The Hall–Kier alpha value is -2.69. The molecule has 0 aliphatic carbocycles. The van der Waals surface area contributed by atoms with Crippen LogP contribution >= 0.6 is 0 Å². The highest BCUT2D eigenvalue weighted by Gasteiger charge is 1.97. The van der Waals surface area contributed by atoms with Gasteiger partial charge in [-0.25, -0.2) is 0 Å². The molecule has 0 fully saturated rings. The molecule has 5 nitrogen and oxygen atoms in total. The normalized spacial score (nSPS) is 11.2. The number of aliphatic imine (C=N–C) groups is 1. The summed E-state index contributed by atoms with van der Waals surface area (Å²) in [6, 6.07) is 15.7. The van der Waals surface area contributed by atoms with E-state index in [0.717, 1.165) is 30.0 Å². The zero-order valence-electron chi connectivity index (χ0n) is 14.3. The summed E-state index contributed by atoms with van der Waals surface area (Å²) in [5.41, 5.74) is 8.13. The van der Waals surface area contributed by atoms with Gasteiger partial charge in [-0.1, -0.05) is 19.1 Å². The van der Waals surface area contributed by atoms with Crippen molar-refractivity contribution < 1.29 is 9.47 Å². The van der Waals surface area contributed by atoms with Gasteiger partial charge in [-0.05, 0) is 48.4 Å². The lowest BCUT2D eigenvalue weighted by Crippen LogP contribution is -2.23. The summed E-state index contributed by atoms with van der Waals surface area (Å²) < 4.78 is 10.8. The monoisotopic (exact) mass is 327 g/mol. The number of rotatable bonds is 8. The van der Waals surface area contributed by atoms with Crippen molar-refractivity contribution in [3.05, 3.63) is 54.1 Å². The van der Waals surface area contributed by atoms with Crippen molar-refractivity contribution in [2.24, 2.45) is 10.7 Å². The van der Waals surface area contributed by atoms with Crippen molar-refractivity contribution in [3.63, 3.8) is 0 Å². The summed E-state index contributed by atoms with van der Waals surface area (Å²) in [4.78, 5) is 4.30. The minimum Gasteiger partial charge on any atom is -0.497 e. The Morgan fingerprint density at radius 2 is 1.71 bits per heavy atom. The number of nitrogens with zero attached hydrogens (tertiary/aromatic N) is 1. The first kappa shape index (κ1) is 17.7. The summed E-state index contributed by atoms with van der Waals surface area (Å²) in [6.45, 7) is 3.34. The van der Waals surface area contributed by atoms with Crippen LogP contribution in [-0.2, 0) is 6.42 Å². The molecule has 128 valence electrons. The molecule has 0 heterocycles. The molecule has 0 amide bonds. The van der Waals surface area contributed by atoms with Crippen molar-refractivity contribution in [3.8, 4) is 11.5 Å². The predicted molar refractivity (Wildman–Crippen MR) is 99.0 cm³/mol. The molecule has 0 unspecified atom stereocenters. The lowest BCUT2D eigenvalue weighted by molar-refractivity contribution is 0.313. The van der Waals surface area contributed by atoms with Gasteiger partial charge in [0.25, 0.3) is 0 Å². The Labute approximate surface area is 143 Å². The maximum Gasteiger partial charge on any atom is 0.193 e. The van der Waals surface area contributed by atoms with Crippen molar-refractivity contribution in [1.82, 2.24) is 0 Å². The van der Waals surface area contributed by atoms with E-state index >= 15 is 0 Å². The van der Waals surface area contributed by atoms with Gasteiger partial charge in [0.2, 0.25) is 0 Å². The third kappa shape index (κ3) is 5.83. The van der Waals surface area contributed by atoms with Crippen LogP contribution in [0, 0.1) is 0 Å². The number of nitrogens with one attached hydrogen (secondary N) is 1. The summed E-state index contributed by atoms with van der Waals surface area (Å²) in [5.74, 6) is 2.06. The van der Waals surface area contributed by atoms with Gasteiger partial charge in [-0.2, -0.15) is 0 Å². The van der Waals surface area contributed by atoms with Crippen LogP contribution in [0.3, 0.4) is 0 Å². The number of aryl methyl sites for hydroxylation is 1. The highest BCUT2D eigenvalue weighted by atomic mass is 16.5. The van der Waals surface area contributed by atoms with Crippen LogP contribution in [0.1, 0.15) is 18.9 Å². The Morgan fingerprint density at radius 1 is 1.04 bits per heavy atom. The molecule has 0 radical (unpaired) electrons. The Kier molecular flexibility index (Phi) is 6.95. The van der Waals surface area contributed by atoms with Crippen LogP contribution in [0.4, 0.5) is 5.69 Å². The van der Waals surface area contributed by atoms with Gasteiger partial charge in [0, 0.05) is 18.7 Å². The van der Waals surface area contributed by atoms with Crippen LogP contribution < -0.4 is 20.5 Å². The molecule has 24 heavy (non-hydrogen) atoms. The molecule has 3 N–H and O–H groups in total. The second-order valence-electron chi connectivity index (χ2n) is 5.32. The van der Waals surface area contributed by atoms with Crippen LogP contribution in [0.5, 0.6) is 11.5 Å². The molecule has 0 aliphatic heterocycles. The fourth-order valence-electron chi connectivity index (χ4n) is 2.14. The minimum absolute atomic E-state index is 0.420. The molecule has 5 heteroatoms. The molecule has 0 atom stereocenters. The molecule has 0 bridgehead atoms. The smallest absolute Gasteiger partial charge is 0.193 e. The fourth-order valence-corrected chi connectivity index (χ4v) is 2.14. The molecule has 2 aromatic carbocycles. The zero-order valence-corrected chi connectivity index (χ0v) is 14.3. The molecule has 2 rings (SSSR count). The molecule has 0 aromatic heterocycles. The Bertz CT molecular complexity index is 637. The van der Waals surface area contributed by atoms with Crippen LogP contribution in [0.2, 0.25) is 0 Å². The van der Waals surface area contributed by atoms with Crippen molar-refractivity contribution in [2.75, 3.05) is 25.6 Å². The Morgan fingerprint density at radius 3 is 2.33 bits per heavy atom. The standard InChI is InChI=1S/C19H25N3O2/c1-3-15-5-7-16(8-6-15)22-19(20)21-13-4-14-24-18-11-9-17(23-2)10-12-18/h5-12H,3-4,13-14H2,1-2H3,(H3,20,21,22). The number of benzene rings is 2. The van der Waals surface area contributed by atoms with Crippen LogP contribution in [-0.4, -0.2) is 26.2 Å². The van der Waals surface area contributed by atoms with E-state index in [2.05, 4.69) is 29.4 Å². The lowest BCUT2D eigenvalue weighted by Gasteiger charge is -2.07. The summed E-state index contributed by atoms with van der Waals surface area (Å²) >= 11 is 0. The van der Waals surface area contributed by atoms with E-state index in [-0.39, 0.29) is 0 Å². The van der Waals surface area contributed by atoms with Gasteiger partial charge < -0.3 is 20.5 Å². The largest absolute Gasteiger partial charge is 0.497 e. The van der Waals surface area contributed by atoms with E-state index in [1.54, 1.807) is 7.11 Å². The quantitative estimate of drug-likeness (QED) is 0.443. The van der Waals surface area contributed by atoms with Gasteiger partial charge in [-0.15, -0.1) is 0 Å². The number of methoxy groups -OCH3 is 1. The first-order chi connectivity index (χ1) is 11.7. The van der Waals surface area contributed by atoms with E-state index < -0.39 is 0 Å². The first-order valence-electron chi connectivity index (χ1n) is 8.14. The second-order valence-corrected chi connectivity index (χ2v) is 5.32. The summed E-state index contributed by atoms with van der Waals surface area (Å²) in [5, 5.41) is 3.09. The number of anilines is 1. The maximum absolute atomic E-state index is 5.89. The van der Waals surface area contributed by atoms with Crippen LogP contribution in [0.25, 0.3) is 0 Å². The van der Waals surface area contributed by atoms with Gasteiger partial charge >= 0.3 is 0 Å². The fraction of sp³-hybridized carbons (Fsp3) is 0.316. The third-order valence-corrected chi connectivity index (χ3v) is 3.55. The predicted octanol–water partition coefficient (Wildman–Crippen LogP) is 3.45. The van der Waals surface area contributed by atoms with Gasteiger partial charge in [0.05, 0.1) is 13.7 Å². The summed E-state index contributed by atoms with van der Waals surface area (Å²) in [6.07, 6.45) is 1.82. The first-order valence-corrected chi connectivity index (χ1v) is 8.14. The molecule has 0 aliphatic rings. The lowest BCUT2D eigenvalue weighted by atomic mass is 10.1. The van der Waals surface area contributed by atoms with E-state index in [1.807, 2.05) is 36.4 Å². The molecular formula is C19H25N3O2. The Balaban J connectivity index is 1.68. The SMILES string of the molecule is CCc1ccc(NC(N)=NCCCOc2ccc(OC)cc2)cc1. The average molecular weight is 327 g/mol. The molecule has 2 aromatic rings. The highest BCUT2D eigenvalue weighted by Crippen LogP contribution is 2.17. The van der Waals surface area contributed by atoms with E-state index in [1.165, 1.54) is 5.56 Å². The number of guanidine groups is 1. The average Bonchev–Trinajstić information content (AvgIpc) is 2.62. The molecule has 0 spiro atoms. The third-order valence-electron chi connectivity index (χ3n) is 3.55. The van der Waals surface area contributed by atoms with E-state index in [0.29, 0.717) is 19.1 Å². The maximum atomic E-state index is 5.89. The van der Waals surface area contributed by atoms with E-state index in [4.69, 9.17) is 15.2 Å². The number of hydrogen-bond acceptors (Lipinski definition) is 3. The summed E-state index contributed by atoms with van der Waals surface area (Å²) in [7, 11) is 1.64. The minimum atomic E-state index is 0.420. The van der Waals surface area contributed by atoms with Gasteiger partial charge in [-0.3, -0.25) is 4.99 Å². The van der Waals surface area contributed by atoms with Crippen molar-refractivity contribution in [1.29, 1.82) is 0 Å². The zero-order chi connectivity index (χ0) is 17.2. The number of hydrogen-bond donors (Lipinski definition) is 2. The molecule has 0 saturated heterocycles. The second kappa shape index (κ2) is 9.45. The van der Waals surface area contributed by atoms with Crippen molar-refractivity contribution >= 4 is 11.6 Å². The van der Waals surface area contributed by atoms with Gasteiger partial charge in [0.15, 0.2) is 5.96 Å². The van der Waals surface area contributed by atoms with E-state index in [9.17, 15) is 0 Å².